The summed E-state index contributed by atoms with van der Waals surface area (Å²) >= 11 is 0. The van der Waals surface area contributed by atoms with Gasteiger partial charge < -0.3 is 15.7 Å². The number of nitrogens with one attached hydrogen (secondary N) is 2. The molecule has 1 fully saturated rings. The van der Waals surface area contributed by atoms with Gasteiger partial charge in [0.2, 0.25) is 5.91 Å². The van der Waals surface area contributed by atoms with Crippen LogP contribution in [-0.2, 0) is 20.4 Å². The number of hydrogen-bond donors (Lipinski definition) is 3. The van der Waals surface area contributed by atoms with Gasteiger partial charge in [-0.05, 0) is 37.1 Å². The van der Waals surface area contributed by atoms with E-state index in [1.165, 1.54) is 0 Å². The lowest BCUT2D eigenvalue weighted by Gasteiger charge is -2.15. The molecule has 0 spiro atoms. The largest absolute Gasteiger partial charge is 0.391 e. The van der Waals surface area contributed by atoms with Crippen molar-refractivity contribution < 1.29 is 18.3 Å². The van der Waals surface area contributed by atoms with Crippen LogP contribution >= 0.6 is 0 Å². The maximum atomic E-state index is 12.1. The summed E-state index contributed by atoms with van der Waals surface area (Å²) in [5.41, 5.74) is 1.31. The number of carbonyl (C=O) groups is 1. The number of benzene rings is 1. The van der Waals surface area contributed by atoms with Crippen molar-refractivity contribution in [3.05, 3.63) is 29.8 Å². The first-order chi connectivity index (χ1) is 11.9. The first kappa shape index (κ1) is 19.9. The average Bonchev–Trinajstić information content (AvgIpc) is 2.99. The van der Waals surface area contributed by atoms with Gasteiger partial charge in [-0.25, -0.2) is 8.42 Å². The maximum Gasteiger partial charge on any atom is 0.244 e. The number of anilines is 1. The molecule has 1 heterocycles. The molecule has 140 valence electrons. The van der Waals surface area contributed by atoms with Crippen molar-refractivity contribution in [2.24, 2.45) is 0 Å². The Morgan fingerprint density at radius 1 is 1.24 bits per heavy atom. The van der Waals surface area contributed by atoms with Crippen LogP contribution in [0.15, 0.2) is 24.3 Å². The Bertz CT molecular complexity index is 658. The Labute approximate surface area is 149 Å². The Balaban J connectivity index is 1.85. The minimum absolute atomic E-state index is 0.0241. The van der Waals surface area contributed by atoms with Crippen LogP contribution in [0.2, 0.25) is 0 Å². The summed E-state index contributed by atoms with van der Waals surface area (Å²) in [4.78, 5) is 12.1. The van der Waals surface area contributed by atoms with E-state index in [2.05, 4.69) is 17.6 Å². The number of carbonyl (C=O) groups excluding carboxylic acids is 1. The Morgan fingerprint density at radius 3 is 2.56 bits per heavy atom. The van der Waals surface area contributed by atoms with E-state index in [0.29, 0.717) is 30.6 Å². The predicted molar refractivity (Wildman–Crippen MR) is 99.1 cm³/mol. The first-order valence-electron chi connectivity index (χ1n) is 8.93. The zero-order valence-corrected chi connectivity index (χ0v) is 15.5. The van der Waals surface area contributed by atoms with Gasteiger partial charge in [0.25, 0.3) is 0 Å². The minimum Gasteiger partial charge on any atom is -0.391 e. The molecule has 2 rings (SSSR count). The molecule has 0 unspecified atom stereocenters. The van der Waals surface area contributed by atoms with E-state index in [9.17, 15) is 18.3 Å². The highest BCUT2D eigenvalue weighted by Gasteiger charge is 2.30. The average molecular weight is 368 g/mol. The number of rotatable bonds is 9. The fourth-order valence-electron chi connectivity index (χ4n) is 2.94. The molecular weight excluding hydrogens is 340 g/mol. The molecule has 2 atom stereocenters. The van der Waals surface area contributed by atoms with Crippen molar-refractivity contribution in [1.82, 2.24) is 5.32 Å². The van der Waals surface area contributed by atoms with E-state index in [1.54, 1.807) is 24.3 Å². The smallest absolute Gasteiger partial charge is 0.244 e. The molecule has 1 saturated heterocycles. The topological polar surface area (TPSA) is 95.5 Å². The second-order valence-electron chi connectivity index (χ2n) is 6.63. The number of aliphatic hydroxyl groups excluding tert-OH is 1. The number of amides is 1. The van der Waals surface area contributed by atoms with Crippen LogP contribution in [0, 0.1) is 0 Å². The molecule has 0 radical (unpaired) electrons. The lowest BCUT2D eigenvalue weighted by molar-refractivity contribution is -0.119. The van der Waals surface area contributed by atoms with E-state index in [1.807, 2.05) is 0 Å². The number of sulfone groups is 1. The van der Waals surface area contributed by atoms with E-state index >= 15 is 0 Å². The number of hydrogen-bond acceptors (Lipinski definition) is 5. The van der Waals surface area contributed by atoms with Crippen molar-refractivity contribution in [2.75, 3.05) is 17.6 Å². The van der Waals surface area contributed by atoms with Crippen molar-refractivity contribution in [2.45, 2.75) is 56.9 Å². The van der Waals surface area contributed by atoms with Crippen LogP contribution in [0.3, 0.4) is 0 Å². The van der Waals surface area contributed by atoms with E-state index in [-0.39, 0.29) is 17.4 Å². The van der Waals surface area contributed by atoms with E-state index in [4.69, 9.17) is 0 Å². The standard InChI is InChI=1S/C18H28N2O4S/c1-2-3-4-5-12-25(23,24)13-14-6-8-15(9-7-14)20-18(22)17-16(21)10-11-19-17/h6-9,16-17,19,21H,2-5,10-13H2,1H3,(H,20,22)/t16-,17-/m0/s1. The highest BCUT2D eigenvalue weighted by Crippen LogP contribution is 2.15. The fraction of sp³-hybridized carbons (Fsp3) is 0.611. The molecule has 0 aliphatic carbocycles. The first-order valence-corrected chi connectivity index (χ1v) is 10.7. The highest BCUT2D eigenvalue weighted by atomic mass is 32.2. The third-order valence-electron chi connectivity index (χ3n) is 4.39. The molecule has 1 aromatic rings. The maximum absolute atomic E-state index is 12.1. The van der Waals surface area contributed by atoms with Gasteiger partial charge in [-0.15, -0.1) is 0 Å². The second kappa shape index (κ2) is 9.31. The van der Waals surface area contributed by atoms with Crippen molar-refractivity contribution >= 4 is 21.4 Å². The summed E-state index contributed by atoms with van der Waals surface area (Å²) < 4.78 is 24.3. The normalized spacial score (nSPS) is 20.6. The van der Waals surface area contributed by atoms with Gasteiger partial charge >= 0.3 is 0 Å². The third-order valence-corrected chi connectivity index (χ3v) is 6.07. The zero-order valence-electron chi connectivity index (χ0n) is 14.7. The molecule has 6 nitrogen and oxygen atoms in total. The van der Waals surface area contributed by atoms with Crippen LogP contribution in [-0.4, -0.2) is 43.9 Å². The predicted octanol–water partition coefficient (Wildman–Crippen LogP) is 1.84. The number of unbranched alkanes of at least 4 members (excludes halogenated alkanes) is 3. The molecule has 1 aliphatic heterocycles. The molecule has 7 heteroatoms. The van der Waals surface area contributed by atoms with Crippen molar-refractivity contribution in [3.8, 4) is 0 Å². The van der Waals surface area contributed by atoms with Gasteiger partial charge in [0.05, 0.1) is 17.6 Å². The Hall–Kier alpha value is -1.44. The summed E-state index contributed by atoms with van der Waals surface area (Å²) in [7, 11) is -3.10. The van der Waals surface area contributed by atoms with Gasteiger partial charge in [0.15, 0.2) is 9.84 Å². The second-order valence-corrected chi connectivity index (χ2v) is 8.81. The van der Waals surface area contributed by atoms with E-state index in [0.717, 1.165) is 19.3 Å². The van der Waals surface area contributed by atoms with Crippen LogP contribution in [0.25, 0.3) is 0 Å². The minimum atomic E-state index is -3.10. The van der Waals surface area contributed by atoms with Gasteiger partial charge in [-0.1, -0.05) is 38.3 Å². The molecule has 1 amide bonds. The molecule has 1 aromatic carbocycles. The Kier molecular flexibility index (Phi) is 7.40. The highest BCUT2D eigenvalue weighted by molar-refractivity contribution is 7.90. The van der Waals surface area contributed by atoms with Crippen LogP contribution < -0.4 is 10.6 Å². The molecule has 1 aliphatic rings. The summed E-state index contributed by atoms with van der Waals surface area (Å²) in [5.74, 6) is -0.0336. The summed E-state index contributed by atoms with van der Waals surface area (Å²) in [6.45, 7) is 2.71. The quantitative estimate of drug-likeness (QED) is 0.578. The van der Waals surface area contributed by atoms with Crippen LogP contribution in [0.4, 0.5) is 5.69 Å². The van der Waals surface area contributed by atoms with Gasteiger partial charge in [-0.3, -0.25) is 4.79 Å². The monoisotopic (exact) mass is 368 g/mol. The van der Waals surface area contributed by atoms with Gasteiger partial charge in [-0.2, -0.15) is 0 Å². The molecule has 3 N–H and O–H groups in total. The van der Waals surface area contributed by atoms with Crippen LogP contribution in [0.5, 0.6) is 0 Å². The molecular formula is C18H28N2O4S. The summed E-state index contributed by atoms with van der Waals surface area (Å²) in [6, 6.07) is 6.24. The Morgan fingerprint density at radius 2 is 1.96 bits per heavy atom. The summed E-state index contributed by atoms with van der Waals surface area (Å²) in [5, 5.41) is 15.4. The third kappa shape index (κ3) is 6.41. The fourth-order valence-corrected chi connectivity index (χ4v) is 4.42. The van der Waals surface area contributed by atoms with Crippen molar-refractivity contribution in [1.29, 1.82) is 0 Å². The van der Waals surface area contributed by atoms with E-state index < -0.39 is 22.0 Å². The molecule has 0 aromatic heterocycles. The molecule has 0 saturated carbocycles. The molecule has 25 heavy (non-hydrogen) atoms. The van der Waals surface area contributed by atoms with Crippen LogP contribution in [0.1, 0.15) is 44.6 Å². The zero-order chi connectivity index (χ0) is 18.3. The lowest BCUT2D eigenvalue weighted by atomic mass is 10.1. The van der Waals surface area contributed by atoms with Crippen molar-refractivity contribution in [3.63, 3.8) is 0 Å². The lowest BCUT2D eigenvalue weighted by Crippen LogP contribution is -2.42. The molecule has 0 bridgehead atoms. The van der Waals surface area contributed by atoms with Gasteiger partial charge in [0.1, 0.15) is 6.04 Å². The number of aliphatic hydroxyl groups is 1. The van der Waals surface area contributed by atoms with Gasteiger partial charge in [0, 0.05) is 5.69 Å². The SMILES string of the molecule is CCCCCCS(=O)(=O)Cc1ccc(NC(=O)[C@H]2NCC[C@@H]2O)cc1. The summed E-state index contributed by atoms with van der Waals surface area (Å²) in [6.07, 6.45) is 3.70.